The highest BCUT2D eigenvalue weighted by Gasteiger charge is 2.18. The maximum absolute atomic E-state index is 13.4. The van der Waals surface area contributed by atoms with E-state index in [-0.39, 0.29) is 17.6 Å². The van der Waals surface area contributed by atoms with Gasteiger partial charge in [-0.2, -0.15) is 0 Å². The summed E-state index contributed by atoms with van der Waals surface area (Å²) < 4.78 is 15.1. The van der Waals surface area contributed by atoms with Crippen molar-refractivity contribution in [3.8, 4) is 11.3 Å². The van der Waals surface area contributed by atoms with Gasteiger partial charge in [0.05, 0.1) is 0 Å². The Morgan fingerprint density at radius 1 is 1.26 bits per heavy atom. The zero-order chi connectivity index (χ0) is 14.2. The molecule has 0 saturated heterocycles. The molecule has 0 spiro atoms. The van der Waals surface area contributed by atoms with Gasteiger partial charge in [0, 0.05) is 17.3 Å². The molecule has 0 aliphatic rings. The number of aromatic nitrogens is 1. The van der Waals surface area contributed by atoms with Crippen molar-refractivity contribution in [3.05, 3.63) is 47.4 Å². The molecule has 0 aliphatic heterocycles. The zero-order valence-electron chi connectivity index (χ0n) is 11.1. The van der Waals surface area contributed by atoms with Crippen LogP contribution in [0.2, 0.25) is 0 Å². The number of carbonyl (C=O) groups is 1. The van der Waals surface area contributed by atoms with E-state index in [1.807, 2.05) is 20.8 Å². The van der Waals surface area contributed by atoms with Gasteiger partial charge in [0.15, 0.2) is 0 Å². The quantitative estimate of drug-likeness (QED) is 0.911. The van der Waals surface area contributed by atoms with E-state index in [1.54, 1.807) is 22.8 Å². The lowest BCUT2D eigenvalue weighted by molar-refractivity contribution is 0.0683. The molecule has 2 aromatic rings. The summed E-state index contributed by atoms with van der Waals surface area (Å²) in [6.07, 6.45) is 0. The third kappa shape index (κ3) is 2.38. The molecule has 19 heavy (non-hydrogen) atoms. The number of benzene rings is 1. The monoisotopic (exact) mass is 261 g/mol. The van der Waals surface area contributed by atoms with E-state index >= 15 is 0 Å². The van der Waals surface area contributed by atoms with Gasteiger partial charge in [-0.15, -0.1) is 0 Å². The van der Waals surface area contributed by atoms with Crippen LogP contribution in [0.3, 0.4) is 0 Å². The highest BCUT2D eigenvalue weighted by molar-refractivity contribution is 5.87. The molecule has 0 amide bonds. The first-order valence-electron chi connectivity index (χ1n) is 6.13. The summed E-state index contributed by atoms with van der Waals surface area (Å²) in [6.45, 7) is 5.70. The van der Waals surface area contributed by atoms with Crippen molar-refractivity contribution in [1.29, 1.82) is 0 Å². The highest BCUT2D eigenvalue weighted by Crippen LogP contribution is 2.29. The van der Waals surface area contributed by atoms with E-state index < -0.39 is 5.97 Å². The summed E-state index contributed by atoms with van der Waals surface area (Å²) in [5.74, 6) is -1.30. The molecule has 0 bridgehead atoms. The Bertz CT molecular complexity index is 629. The summed E-state index contributed by atoms with van der Waals surface area (Å²) in [4.78, 5) is 11.2. The number of halogens is 1. The topological polar surface area (TPSA) is 42.2 Å². The first-order chi connectivity index (χ1) is 8.91. The molecule has 1 aromatic heterocycles. The van der Waals surface area contributed by atoms with Crippen molar-refractivity contribution in [2.24, 2.45) is 0 Å². The van der Waals surface area contributed by atoms with Crippen LogP contribution < -0.4 is 0 Å². The minimum Gasteiger partial charge on any atom is -0.477 e. The Morgan fingerprint density at radius 3 is 2.53 bits per heavy atom. The number of hydrogen-bond acceptors (Lipinski definition) is 1. The van der Waals surface area contributed by atoms with Gasteiger partial charge in [0.2, 0.25) is 0 Å². The summed E-state index contributed by atoms with van der Waals surface area (Å²) in [6, 6.07) is 7.81. The van der Waals surface area contributed by atoms with Crippen molar-refractivity contribution < 1.29 is 14.3 Å². The van der Waals surface area contributed by atoms with Gasteiger partial charge in [-0.25, -0.2) is 9.18 Å². The predicted octanol–water partition coefficient (Wildman–Crippen LogP) is 3.88. The van der Waals surface area contributed by atoms with Gasteiger partial charge >= 0.3 is 5.97 Å². The molecule has 0 saturated carbocycles. The van der Waals surface area contributed by atoms with Crippen molar-refractivity contribution in [2.45, 2.75) is 26.8 Å². The lowest BCUT2D eigenvalue weighted by Gasteiger charge is -2.17. The lowest BCUT2D eigenvalue weighted by Crippen LogP contribution is -2.12. The summed E-state index contributed by atoms with van der Waals surface area (Å²) in [7, 11) is 0. The van der Waals surface area contributed by atoms with Crippen LogP contribution in [0.15, 0.2) is 30.3 Å². The molecule has 100 valence electrons. The van der Waals surface area contributed by atoms with E-state index in [2.05, 4.69) is 0 Å². The molecule has 0 atom stereocenters. The minimum absolute atomic E-state index is 0.0150. The first kappa shape index (κ1) is 13.3. The average molecular weight is 261 g/mol. The second-order valence-corrected chi connectivity index (χ2v) is 4.83. The number of aromatic carboxylic acids is 1. The SMILES string of the molecule is Cc1ccc(F)cc1-c1ccc(C(=O)O)n1C(C)C. The normalized spacial score (nSPS) is 11.0. The van der Waals surface area contributed by atoms with Gasteiger partial charge in [-0.1, -0.05) is 6.07 Å². The summed E-state index contributed by atoms with van der Waals surface area (Å²) >= 11 is 0. The average Bonchev–Trinajstić information content (AvgIpc) is 2.76. The van der Waals surface area contributed by atoms with Crippen LogP contribution in [0, 0.1) is 12.7 Å². The Kier molecular flexibility index (Phi) is 3.42. The van der Waals surface area contributed by atoms with Gasteiger partial charge in [0.1, 0.15) is 11.5 Å². The van der Waals surface area contributed by atoms with Crippen molar-refractivity contribution >= 4 is 5.97 Å². The van der Waals surface area contributed by atoms with Crippen LogP contribution in [0.5, 0.6) is 0 Å². The Hall–Kier alpha value is -2.10. The molecule has 3 nitrogen and oxygen atoms in total. The number of carboxylic acids is 1. The Morgan fingerprint density at radius 2 is 1.95 bits per heavy atom. The second kappa shape index (κ2) is 4.88. The number of carboxylic acid groups (broad SMARTS) is 1. The van der Waals surface area contributed by atoms with Gasteiger partial charge < -0.3 is 9.67 Å². The van der Waals surface area contributed by atoms with Crippen LogP contribution in [0.25, 0.3) is 11.3 Å². The molecule has 1 heterocycles. The summed E-state index contributed by atoms with van der Waals surface area (Å²) in [5.41, 5.74) is 2.58. The molecule has 4 heteroatoms. The van der Waals surface area contributed by atoms with Crippen LogP contribution >= 0.6 is 0 Å². The van der Waals surface area contributed by atoms with Crippen molar-refractivity contribution in [3.63, 3.8) is 0 Å². The number of rotatable bonds is 3. The fourth-order valence-corrected chi connectivity index (χ4v) is 2.27. The molecule has 0 fully saturated rings. The van der Waals surface area contributed by atoms with Crippen molar-refractivity contribution in [2.75, 3.05) is 0 Å². The van der Waals surface area contributed by atoms with E-state index in [0.717, 1.165) is 16.8 Å². The number of nitrogens with zero attached hydrogens (tertiary/aromatic N) is 1. The molecule has 0 aliphatic carbocycles. The van der Waals surface area contributed by atoms with Crippen LogP contribution in [-0.4, -0.2) is 15.6 Å². The molecule has 2 rings (SSSR count). The first-order valence-corrected chi connectivity index (χ1v) is 6.13. The van der Waals surface area contributed by atoms with Gasteiger partial charge in [-0.05, 0) is 50.6 Å². The third-order valence-corrected chi connectivity index (χ3v) is 3.13. The standard InChI is InChI=1S/C15H16FNO2/c1-9(2)17-13(6-7-14(17)15(18)19)12-8-11(16)5-4-10(12)3/h4-9H,1-3H3,(H,18,19). The maximum Gasteiger partial charge on any atom is 0.352 e. The van der Waals surface area contributed by atoms with Gasteiger partial charge in [-0.3, -0.25) is 0 Å². The van der Waals surface area contributed by atoms with E-state index in [0.29, 0.717) is 0 Å². The largest absolute Gasteiger partial charge is 0.477 e. The van der Waals surface area contributed by atoms with Crippen LogP contribution in [0.1, 0.15) is 35.9 Å². The van der Waals surface area contributed by atoms with E-state index in [9.17, 15) is 14.3 Å². The molecule has 0 radical (unpaired) electrons. The molecule has 1 aromatic carbocycles. The fraction of sp³-hybridized carbons (Fsp3) is 0.267. The van der Waals surface area contributed by atoms with Crippen LogP contribution in [0.4, 0.5) is 4.39 Å². The molecular formula is C15H16FNO2. The zero-order valence-corrected chi connectivity index (χ0v) is 11.1. The summed E-state index contributed by atoms with van der Waals surface area (Å²) in [5, 5.41) is 9.20. The smallest absolute Gasteiger partial charge is 0.352 e. The molecule has 1 N–H and O–H groups in total. The molecule has 0 unspecified atom stereocenters. The predicted molar refractivity (Wildman–Crippen MR) is 71.9 cm³/mol. The minimum atomic E-state index is -0.978. The lowest BCUT2D eigenvalue weighted by atomic mass is 10.1. The molecular weight excluding hydrogens is 245 g/mol. The van der Waals surface area contributed by atoms with Gasteiger partial charge in [0.25, 0.3) is 0 Å². The number of aryl methyl sites for hydroxylation is 1. The second-order valence-electron chi connectivity index (χ2n) is 4.83. The van der Waals surface area contributed by atoms with Crippen molar-refractivity contribution in [1.82, 2.24) is 4.57 Å². The third-order valence-electron chi connectivity index (χ3n) is 3.13. The van der Waals surface area contributed by atoms with E-state index in [1.165, 1.54) is 12.1 Å². The Balaban J connectivity index is 2.69. The highest BCUT2D eigenvalue weighted by atomic mass is 19.1. The number of hydrogen-bond donors (Lipinski definition) is 1. The van der Waals surface area contributed by atoms with E-state index in [4.69, 9.17) is 0 Å². The maximum atomic E-state index is 13.4. The van der Waals surface area contributed by atoms with Crippen LogP contribution in [-0.2, 0) is 0 Å². The fourth-order valence-electron chi connectivity index (χ4n) is 2.27. The Labute approximate surface area is 111 Å².